The Hall–Kier alpha value is -1.72. The second-order valence-electron chi connectivity index (χ2n) is 8.90. The lowest BCUT2D eigenvalue weighted by molar-refractivity contribution is 0.265. The standard InChI is InChI=1S/C16H21NO.C10H15NS/c1-16(2,17-9-10-18)12-13-7-8-14-5-3-4-6-15(14)11-13;1-9-4-7-12-10(9)8-11-5-2-3-6-11/h3-8,11,17-18H,9-10,12H2,1-2H3;4,7H,2-3,5-6,8H2,1H3. The van der Waals surface area contributed by atoms with Crippen molar-refractivity contribution in [1.82, 2.24) is 10.2 Å². The van der Waals surface area contributed by atoms with E-state index >= 15 is 0 Å². The lowest BCUT2D eigenvalue weighted by atomic mass is 9.93. The molecule has 2 heterocycles. The highest BCUT2D eigenvalue weighted by Crippen LogP contribution is 2.21. The molecule has 30 heavy (non-hydrogen) atoms. The number of aryl methyl sites for hydroxylation is 1. The van der Waals surface area contributed by atoms with E-state index in [0.717, 1.165) is 6.42 Å². The summed E-state index contributed by atoms with van der Waals surface area (Å²) in [6.07, 6.45) is 3.74. The second-order valence-corrected chi connectivity index (χ2v) is 9.90. The molecule has 1 aromatic heterocycles. The molecule has 0 atom stereocenters. The van der Waals surface area contributed by atoms with Crippen molar-refractivity contribution in [2.45, 2.75) is 52.1 Å². The first-order chi connectivity index (χ1) is 14.5. The van der Waals surface area contributed by atoms with Crippen molar-refractivity contribution in [3.8, 4) is 0 Å². The molecule has 0 amide bonds. The molecule has 1 fully saturated rings. The van der Waals surface area contributed by atoms with Crippen LogP contribution in [0.5, 0.6) is 0 Å². The van der Waals surface area contributed by atoms with Crippen molar-refractivity contribution in [3.63, 3.8) is 0 Å². The Morgan fingerprint density at radius 2 is 1.77 bits per heavy atom. The summed E-state index contributed by atoms with van der Waals surface area (Å²) in [4.78, 5) is 4.11. The van der Waals surface area contributed by atoms with E-state index in [1.54, 1.807) is 4.88 Å². The summed E-state index contributed by atoms with van der Waals surface area (Å²) in [6.45, 7) is 11.2. The summed E-state index contributed by atoms with van der Waals surface area (Å²) in [5.74, 6) is 0. The molecule has 0 spiro atoms. The van der Waals surface area contributed by atoms with Crippen molar-refractivity contribution < 1.29 is 5.11 Å². The summed E-state index contributed by atoms with van der Waals surface area (Å²) < 4.78 is 0. The molecule has 0 radical (unpaired) electrons. The zero-order chi connectivity index (χ0) is 21.4. The molecule has 0 saturated carbocycles. The van der Waals surface area contributed by atoms with Crippen molar-refractivity contribution in [1.29, 1.82) is 0 Å². The Morgan fingerprint density at radius 3 is 2.43 bits per heavy atom. The van der Waals surface area contributed by atoms with Crippen molar-refractivity contribution in [3.05, 3.63) is 69.9 Å². The molecule has 4 rings (SSSR count). The zero-order valence-corrected chi connectivity index (χ0v) is 19.5. The minimum Gasteiger partial charge on any atom is -0.395 e. The number of hydrogen-bond donors (Lipinski definition) is 2. The van der Waals surface area contributed by atoms with E-state index in [2.05, 4.69) is 84.9 Å². The van der Waals surface area contributed by atoms with Crippen molar-refractivity contribution >= 4 is 22.1 Å². The molecule has 1 aliphatic rings. The molecule has 0 bridgehead atoms. The quantitative estimate of drug-likeness (QED) is 0.533. The van der Waals surface area contributed by atoms with Crippen molar-refractivity contribution in [2.24, 2.45) is 0 Å². The van der Waals surface area contributed by atoms with Gasteiger partial charge in [0.05, 0.1) is 6.61 Å². The number of nitrogens with one attached hydrogen (secondary N) is 1. The largest absolute Gasteiger partial charge is 0.395 e. The lowest BCUT2D eigenvalue weighted by Gasteiger charge is -2.26. The maximum absolute atomic E-state index is 8.87. The number of aliphatic hydroxyl groups excluding tert-OH is 1. The van der Waals surface area contributed by atoms with Crippen molar-refractivity contribution in [2.75, 3.05) is 26.2 Å². The van der Waals surface area contributed by atoms with Gasteiger partial charge in [-0.3, -0.25) is 4.90 Å². The molecule has 4 heteroatoms. The third-order valence-corrected chi connectivity index (χ3v) is 6.72. The number of hydrogen-bond acceptors (Lipinski definition) is 4. The molecule has 3 aromatic rings. The maximum atomic E-state index is 8.87. The van der Waals surface area contributed by atoms with Gasteiger partial charge in [0.15, 0.2) is 0 Å². The van der Waals surface area contributed by atoms with Gasteiger partial charge in [-0.25, -0.2) is 0 Å². The van der Waals surface area contributed by atoms with E-state index in [1.165, 1.54) is 54.4 Å². The van der Waals surface area contributed by atoms with E-state index < -0.39 is 0 Å². The number of rotatable bonds is 7. The number of likely N-dealkylation sites (tertiary alicyclic amines) is 1. The average molecular weight is 425 g/mol. The first-order valence-corrected chi connectivity index (χ1v) is 11.9. The number of fused-ring (bicyclic) bond motifs is 1. The van der Waals surface area contributed by atoms with Gasteiger partial charge in [0.25, 0.3) is 0 Å². The first kappa shape index (κ1) is 23.0. The van der Waals surface area contributed by atoms with Crippen LogP contribution >= 0.6 is 11.3 Å². The summed E-state index contributed by atoms with van der Waals surface area (Å²) in [5.41, 5.74) is 2.79. The highest BCUT2D eigenvalue weighted by atomic mass is 32.1. The van der Waals surface area contributed by atoms with Crippen LogP contribution in [0.1, 0.15) is 42.7 Å². The van der Waals surface area contributed by atoms with Gasteiger partial charge in [-0.2, -0.15) is 0 Å². The van der Waals surface area contributed by atoms with Gasteiger partial charge in [0.2, 0.25) is 0 Å². The lowest BCUT2D eigenvalue weighted by Crippen LogP contribution is -2.42. The molecule has 2 aromatic carbocycles. The van der Waals surface area contributed by atoms with E-state index in [1.807, 2.05) is 11.3 Å². The summed E-state index contributed by atoms with van der Waals surface area (Å²) in [5, 5.41) is 17.0. The van der Waals surface area contributed by atoms with Gasteiger partial charge >= 0.3 is 0 Å². The zero-order valence-electron chi connectivity index (χ0n) is 18.7. The SMILES string of the molecule is CC(C)(Cc1ccc2ccccc2c1)NCCO.Cc1ccsc1CN1CCCC1. The summed E-state index contributed by atoms with van der Waals surface area (Å²) in [6, 6.07) is 17.2. The molecule has 0 unspecified atom stereocenters. The van der Waals surface area contributed by atoms with Crippen LogP contribution in [0.2, 0.25) is 0 Å². The fraction of sp³-hybridized carbons (Fsp3) is 0.462. The van der Waals surface area contributed by atoms with Crippen LogP contribution in [0.25, 0.3) is 10.8 Å². The smallest absolute Gasteiger partial charge is 0.0556 e. The predicted octanol–water partition coefficient (Wildman–Crippen LogP) is 5.40. The van der Waals surface area contributed by atoms with Gasteiger partial charge in [0, 0.05) is 23.5 Å². The minimum atomic E-state index is 0.00515. The highest BCUT2D eigenvalue weighted by Gasteiger charge is 2.17. The normalized spacial score (nSPS) is 14.7. The number of nitrogens with zero attached hydrogens (tertiary/aromatic N) is 1. The molecule has 2 N–H and O–H groups in total. The number of thiophene rings is 1. The molecule has 1 aliphatic heterocycles. The fourth-order valence-corrected chi connectivity index (χ4v) is 4.97. The van der Waals surface area contributed by atoms with Crippen LogP contribution < -0.4 is 5.32 Å². The van der Waals surface area contributed by atoms with E-state index in [4.69, 9.17) is 5.11 Å². The maximum Gasteiger partial charge on any atom is 0.0556 e. The van der Waals surface area contributed by atoms with Crippen LogP contribution in [0.3, 0.4) is 0 Å². The van der Waals surface area contributed by atoms with Crippen LogP contribution in [-0.2, 0) is 13.0 Å². The Balaban J connectivity index is 0.000000184. The molecule has 3 nitrogen and oxygen atoms in total. The first-order valence-electron chi connectivity index (χ1n) is 11.1. The highest BCUT2D eigenvalue weighted by molar-refractivity contribution is 7.10. The fourth-order valence-electron chi connectivity index (χ4n) is 4.03. The molecular weight excluding hydrogens is 388 g/mol. The average Bonchev–Trinajstić information content (AvgIpc) is 3.39. The topological polar surface area (TPSA) is 35.5 Å². The second kappa shape index (κ2) is 11.1. The van der Waals surface area contributed by atoms with Gasteiger partial charge in [-0.15, -0.1) is 11.3 Å². The van der Waals surface area contributed by atoms with Crippen LogP contribution in [0, 0.1) is 6.92 Å². The Labute approximate surface area is 185 Å². The van der Waals surface area contributed by atoms with E-state index in [0.29, 0.717) is 6.54 Å². The Bertz CT molecular complexity index is 912. The Morgan fingerprint density at radius 1 is 1.03 bits per heavy atom. The number of aliphatic hydroxyl groups is 1. The summed E-state index contributed by atoms with van der Waals surface area (Å²) in [7, 11) is 0. The number of β-amino-alcohol motifs (C(OH)–C–C–N with tert-alkyl or cyclic N) is 1. The van der Waals surface area contributed by atoms with Gasteiger partial charge < -0.3 is 10.4 Å². The molecule has 1 saturated heterocycles. The molecular formula is C26H36N2OS. The van der Waals surface area contributed by atoms with Gasteiger partial charge in [-0.05, 0) is 86.5 Å². The number of benzene rings is 2. The van der Waals surface area contributed by atoms with Gasteiger partial charge in [-0.1, -0.05) is 42.5 Å². The van der Waals surface area contributed by atoms with E-state index in [-0.39, 0.29) is 12.1 Å². The predicted molar refractivity (Wildman–Crippen MR) is 130 cm³/mol. The molecule has 0 aliphatic carbocycles. The third-order valence-electron chi connectivity index (χ3n) is 5.71. The third kappa shape index (κ3) is 6.92. The minimum absolute atomic E-state index is 0.00515. The van der Waals surface area contributed by atoms with E-state index in [9.17, 15) is 0 Å². The van der Waals surface area contributed by atoms with Gasteiger partial charge in [0.1, 0.15) is 0 Å². The van der Waals surface area contributed by atoms with Crippen LogP contribution in [0.4, 0.5) is 0 Å². The van der Waals surface area contributed by atoms with Crippen LogP contribution in [-0.4, -0.2) is 41.8 Å². The molecule has 162 valence electrons. The Kier molecular flexibility index (Phi) is 8.46. The summed E-state index contributed by atoms with van der Waals surface area (Å²) >= 11 is 1.89. The monoisotopic (exact) mass is 424 g/mol. The van der Waals surface area contributed by atoms with Crippen LogP contribution in [0.15, 0.2) is 53.9 Å².